The van der Waals surface area contributed by atoms with Crippen LogP contribution in [0.2, 0.25) is 0 Å². The molecule has 4 aromatic rings. The molecule has 0 aliphatic heterocycles. The fourth-order valence-electron chi connectivity index (χ4n) is 4.15. The topological polar surface area (TPSA) is 90.5 Å². The lowest BCUT2D eigenvalue weighted by molar-refractivity contribution is 0.102. The van der Waals surface area contributed by atoms with E-state index in [2.05, 4.69) is 25.5 Å². The lowest BCUT2D eigenvalue weighted by Gasteiger charge is -2.13. The average Bonchev–Trinajstić information content (AvgIpc) is 3.39. The summed E-state index contributed by atoms with van der Waals surface area (Å²) in [6.07, 6.45) is 5.96. The first-order valence-electron chi connectivity index (χ1n) is 11.4. The summed E-state index contributed by atoms with van der Waals surface area (Å²) in [5.74, 6) is 1.03. The molecule has 3 aromatic heterocycles. The lowest BCUT2D eigenvalue weighted by Crippen LogP contribution is -2.16. The molecule has 1 aliphatic carbocycles. The van der Waals surface area contributed by atoms with Crippen LogP contribution in [0.1, 0.15) is 66.1 Å². The summed E-state index contributed by atoms with van der Waals surface area (Å²) in [6.45, 7) is 7.77. The van der Waals surface area contributed by atoms with Crippen LogP contribution in [-0.4, -0.2) is 35.2 Å². The van der Waals surface area contributed by atoms with Crippen LogP contribution >= 0.6 is 0 Å². The smallest absolute Gasteiger partial charge is 0.259 e. The van der Waals surface area contributed by atoms with Gasteiger partial charge in [-0.3, -0.25) is 4.79 Å². The van der Waals surface area contributed by atoms with Crippen molar-refractivity contribution in [3.63, 3.8) is 0 Å². The fraction of sp³-hybridized carbons (Fsp3) is 0.320. The van der Waals surface area contributed by atoms with Gasteiger partial charge in [-0.2, -0.15) is 0 Å². The third kappa shape index (κ3) is 4.09. The van der Waals surface area contributed by atoms with Gasteiger partial charge in [-0.1, -0.05) is 6.07 Å². The second kappa shape index (κ2) is 8.48. The van der Waals surface area contributed by atoms with Gasteiger partial charge in [-0.05, 0) is 70.4 Å². The Morgan fingerprint density at radius 3 is 2.71 bits per heavy atom. The number of rotatable bonds is 6. The number of hydrogen-bond acceptors (Lipinski definition) is 5. The largest absolute Gasteiger partial charge is 0.307 e. The molecule has 1 aromatic carbocycles. The van der Waals surface area contributed by atoms with E-state index in [0.29, 0.717) is 28.9 Å². The summed E-state index contributed by atoms with van der Waals surface area (Å²) < 4.78 is 18.6. The molecule has 1 amide bonds. The number of nitrogens with one attached hydrogen (secondary N) is 1. The van der Waals surface area contributed by atoms with Crippen LogP contribution in [0.15, 0.2) is 42.9 Å². The molecule has 1 N–H and O–H groups in total. The van der Waals surface area contributed by atoms with E-state index in [1.54, 1.807) is 30.6 Å². The predicted molar refractivity (Wildman–Crippen MR) is 127 cm³/mol. The van der Waals surface area contributed by atoms with E-state index < -0.39 is 11.7 Å². The summed E-state index contributed by atoms with van der Waals surface area (Å²) in [5.41, 5.74) is 2.98. The van der Waals surface area contributed by atoms with Crippen molar-refractivity contribution >= 4 is 11.7 Å². The van der Waals surface area contributed by atoms with Crippen molar-refractivity contribution < 1.29 is 9.18 Å². The minimum Gasteiger partial charge on any atom is -0.307 e. The maximum absolute atomic E-state index is 14.8. The zero-order valence-electron chi connectivity index (χ0n) is 19.6. The Hall–Kier alpha value is -3.88. The molecule has 0 unspecified atom stereocenters. The molecular weight excluding hydrogens is 433 g/mol. The number of nitrogens with zero attached hydrogens (tertiary/aromatic N) is 6. The molecular formula is C25H26FN7O. The maximum atomic E-state index is 14.8. The van der Waals surface area contributed by atoms with Gasteiger partial charge in [0.25, 0.3) is 5.91 Å². The van der Waals surface area contributed by atoms with Crippen LogP contribution in [0.5, 0.6) is 0 Å². The molecule has 9 heteroatoms. The van der Waals surface area contributed by atoms with Gasteiger partial charge >= 0.3 is 0 Å². The number of aryl methyl sites for hydroxylation is 2. The van der Waals surface area contributed by atoms with Crippen LogP contribution in [-0.2, 0) is 0 Å². The van der Waals surface area contributed by atoms with E-state index in [1.807, 2.05) is 43.0 Å². The Labute approximate surface area is 196 Å². The van der Waals surface area contributed by atoms with Gasteiger partial charge < -0.3 is 14.5 Å². The molecule has 0 bridgehead atoms. The molecule has 1 fully saturated rings. The Morgan fingerprint density at radius 2 is 1.97 bits per heavy atom. The van der Waals surface area contributed by atoms with Crippen LogP contribution in [0, 0.1) is 19.7 Å². The van der Waals surface area contributed by atoms with E-state index in [4.69, 9.17) is 0 Å². The SMILES string of the molecule is Cc1cc(F)c(C(=O)Nc2cccc(-c3nnc(C)n3C(C)C)n2)cc1-n1cnc(C2CC2)c1. The number of carbonyl (C=O) groups excluding carboxylic acids is 1. The number of halogens is 1. The van der Waals surface area contributed by atoms with Crippen molar-refractivity contribution in [2.45, 2.75) is 52.5 Å². The highest BCUT2D eigenvalue weighted by Gasteiger charge is 2.26. The van der Waals surface area contributed by atoms with E-state index >= 15 is 0 Å². The third-order valence-corrected chi connectivity index (χ3v) is 6.01. The molecule has 0 atom stereocenters. The summed E-state index contributed by atoms with van der Waals surface area (Å²) in [7, 11) is 0. The molecule has 5 rings (SSSR count). The second-order valence-electron chi connectivity index (χ2n) is 9.00. The number of imidazole rings is 1. The van der Waals surface area contributed by atoms with Crippen LogP contribution in [0.3, 0.4) is 0 Å². The highest BCUT2D eigenvalue weighted by molar-refractivity contribution is 6.04. The number of aromatic nitrogens is 6. The number of carbonyl (C=O) groups is 1. The number of pyridine rings is 1. The molecule has 3 heterocycles. The van der Waals surface area contributed by atoms with Gasteiger partial charge in [0.2, 0.25) is 0 Å². The van der Waals surface area contributed by atoms with E-state index in [0.717, 1.165) is 29.9 Å². The molecule has 1 aliphatic rings. The number of anilines is 1. The van der Waals surface area contributed by atoms with Crippen molar-refractivity contribution in [2.75, 3.05) is 5.32 Å². The average molecular weight is 460 g/mol. The standard InChI is InChI=1S/C25H26FN7O/c1-14(2)33-16(4)30-31-24(33)20-6-5-7-23(28-20)29-25(34)18-11-22(15(3)10-19(18)26)32-12-21(27-13-32)17-8-9-17/h5-7,10-14,17H,8-9H2,1-4H3,(H,28,29,34). The summed E-state index contributed by atoms with van der Waals surface area (Å²) in [6, 6.07) is 8.32. The second-order valence-corrected chi connectivity index (χ2v) is 9.00. The van der Waals surface area contributed by atoms with Crippen LogP contribution < -0.4 is 5.32 Å². The van der Waals surface area contributed by atoms with Gasteiger partial charge in [-0.15, -0.1) is 10.2 Å². The minimum atomic E-state index is -0.590. The van der Waals surface area contributed by atoms with Crippen LogP contribution in [0.4, 0.5) is 10.2 Å². The fourth-order valence-corrected chi connectivity index (χ4v) is 4.15. The van der Waals surface area contributed by atoms with Crippen molar-refractivity contribution in [1.82, 2.24) is 29.3 Å². The Morgan fingerprint density at radius 1 is 1.18 bits per heavy atom. The van der Waals surface area contributed by atoms with Crippen molar-refractivity contribution in [3.05, 3.63) is 71.3 Å². The molecule has 8 nitrogen and oxygen atoms in total. The summed E-state index contributed by atoms with van der Waals surface area (Å²) >= 11 is 0. The Balaban J connectivity index is 1.43. The van der Waals surface area contributed by atoms with Gasteiger partial charge in [0.05, 0.1) is 23.3 Å². The van der Waals surface area contributed by atoms with Gasteiger partial charge in [0.15, 0.2) is 5.82 Å². The zero-order chi connectivity index (χ0) is 24.0. The highest BCUT2D eigenvalue weighted by Crippen LogP contribution is 2.39. The molecule has 34 heavy (non-hydrogen) atoms. The third-order valence-electron chi connectivity index (χ3n) is 6.01. The number of benzene rings is 1. The zero-order valence-corrected chi connectivity index (χ0v) is 19.6. The Bertz CT molecular complexity index is 1380. The Kier molecular flexibility index (Phi) is 5.47. The van der Waals surface area contributed by atoms with Gasteiger partial charge in [0.1, 0.15) is 23.2 Å². The summed E-state index contributed by atoms with van der Waals surface area (Å²) in [4.78, 5) is 22.0. The molecule has 174 valence electrons. The minimum absolute atomic E-state index is 0.0596. The first-order chi connectivity index (χ1) is 16.3. The summed E-state index contributed by atoms with van der Waals surface area (Å²) in [5, 5.41) is 11.1. The highest BCUT2D eigenvalue weighted by atomic mass is 19.1. The quantitative estimate of drug-likeness (QED) is 0.439. The molecule has 0 spiro atoms. The monoisotopic (exact) mass is 459 g/mol. The van der Waals surface area contributed by atoms with Crippen molar-refractivity contribution in [2.24, 2.45) is 0 Å². The first-order valence-corrected chi connectivity index (χ1v) is 11.4. The normalized spacial score (nSPS) is 13.5. The lowest BCUT2D eigenvalue weighted by atomic mass is 10.1. The number of amides is 1. The van der Waals surface area contributed by atoms with E-state index in [-0.39, 0.29) is 11.6 Å². The van der Waals surface area contributed by atoms with Gasteiger partial charge in [0, 0.05) is 18.2 Å². The predicted octanol–water partition coefficient (Wildman–Crippen LogP) is 4.99. The van der Waals surface area contributed by atoms with Crippen LogP contribution in [0.25, 0.3) is 17.2 Å². The van der Waals surface area contributed by atoms with E-state index in [1.165, 1.54) is 6.07 Å². The van der Waals surface area contributed by atoms with E-state index in [9.17, 15) is 9.18 Å². The number of hydrogen-bond donors (Lipinski definition) is 1. The maximum Gasteiger partial charge on any atom is 0.259 e. The van der Waals surface area contributed by atoms with Crippen molar-refractivity contribution in [3.8, 4) is 17.2 Å². The molecule has 1 saturated carbocycles. The first kappa shape index (κ1) is 21.9. The molecule has 0 radical (unpaired) electrons. The van der Waals surface area contributed by atoms with Gasteiger partial charge in [-0.25, -0.2) is 14.4 Å². The molecule has 0 saturated heterocycles. The van der Waals surface area contributed by atoms with Crippen molar-refractivity contribution in [1.29, 1.82) is 0 Å².